The number of hydrogen-bond acceptors (Lipinski definition) is 4. The third-order valence-corrected chi connectivity index (χ3v) is 6.91. The molecule has 0 aromatic heterocycles. The third kappa shape index (κ3) is 4.10. The summed E-state index contributed by atoms with van der Waals surface area (Å²) in [6, 6.07) is 13.5. The highest BCUT2D eigenvalue weighted by molar-refractivity contribution is 7.86. The second kappa shape index (κ2) is 8.29. The molecule has 2 aromatic carbocycles. The van der Waals surface area contributed by atoms with Crippen molar-refractivity contribution in [1.29, 1.82) is 0 Å². The van der Waals surface area contributed by atoms with Gasteiger partial charge in [-0.05, 0) is 35.2 Å². The molecule has 0 fully saturated rings. The van der Waals surface area contributed by atoms with Gasteiger partial charge in [0.15, 0.2) is 11.5 Å². The van der Waals surface area contributed by atoms with Gasteiger partial charge >= 0.3 is 0 Å². The molecule has 0 radical (unpaired) electrons. The maximum absolute atomic E-state index is 13.2. The van der Waals surface area contributed by atoms with Gasteiger partial charge in [0.25, 0.3) is 10.2 Å². The molecule has 0 N–H and O–H groups in total. The lowest BCUT2D eigenvalue weighted by Gasteiger charge is -2.32. The number of benzene rings is 2. The van der Waals surface area contributed by atoms with E-state index in [1.165, 1.54) is 9.87 Å². The van der Waals surface area contributed by atoms with Crippen LogP contribution in [-0.2, 0) is 29.7 Å². The van der Waals surface area contributed by atoms with Crippen LogP contribution < -0.4 is 9.47 Å². The quantitative estimate of drug-likeness (QED) is 0.729. The number of ether oxygens (including phenoxy) is 2. The zero-order valence-corrected chi connectivity index (χ0v) is 16.8. The summed E-state index contributed by atoms with van der Waals surface area (Å²) >= 11 is 0. The van der Waals surface area contributed by atoms with Gasteiger partial charge in [0.2, 0.25) is 0 Å². The van der Waals surface area contributed by atoms with E-state index in [2.05, 4.69) is 6.07 Å². The topological polar surface area (TPSA) is 59.1 Å². The molecule has 0 unspecified atom stereocenters. The lowest BCUT2D eigenvalue weighted by atomic mass is 10.0. The van der Waals surface area contributed by atoms with Crippen LogP contribution in [0.1, 0.15) is 23.6 Å². The van der Waals surface area contributed by atoms with Crippen molar-refractivity contribution >= 4 is 10.2 Å². The van der Waals surface area contributed by atoms with Crippen molar-refractivity contribution in [1.82, 2.24) is 8.61 Å². The second-order valence-corrected chi connectivity index (χ2v) is 8.40. The molecule has 7 heteroatoms. The van der Waals surface area contributed by atoms with Gasteiger partial charge < -0.3 is 9.47 Å². The van der Waals surface area contributed by atoms with E-state index in [-0.39, 0.29) is 6.54 Å². The Balaban J connectivity index is 1.80. The summed E-state index contributed by atoms with van der Waals surface area (Å²) in [5.41, 5.74) is 3.16. The Morgan fingerprint density at radius 3 is 2.41 bits per heavy atom. The molecule has 0 atom stereocenters. The van der Waals surface area contributed by atoms with E-state index in [0.29, 0.717) is 31.1 Å². The van der Waals surface area contributed by atoms with Gasteiger partial charge in [0.1, 0.15) is 0 Å². The fourth-order valence-corrected chi connectivity index (χ4v) is 4.96. The zero-order valence-electron chi connectivity index (χ0n) is 16.0. The molecule has 0 saturated heterocycles. The van der Waals surface area contributed by atoms with E-state index in [9.17, 15) is 8.42 Å². The molecule has 27 heavy (non-hydrogen) atoms. The van der Waals surface area contributed by atoms with E-state index in [0.717, 1.165) is 17.5 Å². The van der Waals surface area contributed by atoms with Crippen molar-refractivity contribution in [2.75, 3.05) is 27.3 Å². The Kier molecular flexibility index (Phi) is 6.04. The highest BCUT2D eigenvalue weighted by Gasteiger charge is 2.31. The van der Waals surface area contributed by atoms with Crippen LogP contribution in [0.5, 0.6) is 11.5 Å². The Morgan fingerprint density at radius 2 is 1.74 bits per heavy atom. The summed E-state index contributed by atoms with van der Waals surface area (Å²) in [7, 11) is -0.407. The van der Waals surface area contributed by atoms with Crippen LogP contribution in [0, 0.1) is 0 Å². The highest BCUT2D eigenvalue weighted by atomic mass is 32.2. The SMILES string of the molecule is CCN(Cc1ccc(OC)c(OC)c1)S(=O)(=O)N1CCc2ccccc2C1. The van der Waals surface area contributed by atoms with Crippen LogP contribution in [0.15, 0.2) is 42.5 Å². The van der Waals surface area contributed by atoms with Gasteiger partial charge in [0.05, 0.1) is 14.2 Å². The number of hydrogen-bond donors (Lipinski definition) is 0. The fourth-order valence-electron chi connectivity index (χ4n) is 3.37. The van der Waals surface area contributed by atoms with Gasteiger partial charge in [-0.2, -0.15) is 17.0 Å². The molecule has 1 heterocycles. The lowest BCUT2D eigenvalue weighted by Crippen LogP contribution is -2.45. The van der Waals surface area contributed by atoms with Crippen molar-refractivity contribution in [3.05, 3.63) is 59.2 Å². The molecule has 2 aromatic rings. The summed E-state index contributed by atoms with van der Waals surface area (Å²) in [6.07, 6.45) is 0.739. The van der Waals surface area contributed by atoms with Crippen molar-refractivity contribution in [3.8, 4) is 11.5 Å². The molecule has 146 valence electrons. The van der Waals surface area contributed by atoms with E-state index < -0.39 is 10.2 Å². The largest absolute Gasteiger partial charge is 0.493 e. The molecule has 6 nitrogen and oxygen atoms in total. The molecule has 0 aliphatic carbocycles. The van der Waals surface area contributed by atoms with Crippen molar-refractivity contribution in [2.24, 2.45) is 0 Å². The number of methoxy groups -OCH3 is 2. The molecule has 0 amide bonds. The average Bonchev–Trinajstić information content (AvgIpc) is 2.71. The van der Waals surface area contributed by atoms with E-state index in [1.807, 2.05) is 37.3 Å². The summed E-state index contributed by atoms with van der Waals surface area (Å²) in [6.45, 7) is 3.46. The number of rotatable bonds is 7. The summed E-state index contributed by atoms with van der Waals surface area (Å²) in [4.78, 5) is 0. The Morgan fingerprint density at radius 1 is 1.04 bits per heavy atom. The first kappa shape index (κ1) is 19.7. The first-order valence-electron chi connectivity index (χ1n) is 9.02. The minimum atomic E-state index is -3.56. The average molecular weight is 391 g/mol. The van der Waals surface area contributed by atoms with E-state index >= 15 is 0 Å². The van der Waals surface area contributed by atoms with Crippen LogP contribution in [0.2, 0.25) is 0 Å². The smallest absolute Gasteiger partial charge is 0.282 e. The molecule has 0 saturated carbocycles. The molecular weight excluding hydrogens is 364 g/mol. The second-order valence-electron chi connectivity index (χ2n) is 6.48. The minimum absolute atomic E-state index is 0.289. The summed E-state index contributed by atoms with van der Waals surface area (Å²) < 4.78 is 40.1. The first-order valence-corrected chi connectivity index (χ1v) is 10.4. The van der Waals surface area contributed by atoms with Crippen LogP contribution in [-0.4, -0.2) is 44.3 Å². The van der Waals surface area contributed by atoms with E-state index in [4.69, 9.17) is 9.47 Å². The minimum Gasteiger partial charge on any atom is -0.493 e. The monoisotopic (exact) mass is 390 g/mol. The molecule has 0 spiro atoms. The van der Waals surface area contributed by atoms with Gasteiger partial charge in [-0.15, -0.1) is 0 Å². The lowest BCUT2D eigenvalue weighted by molar-refractivity contribution is 0.325. The van der Waals surface area contributed by atoms with Gasteiger partial charge in [-0.1, -0.05) is 37.3 Å². The van der Waals surface area contributed by atoms with Crippen LogP contribution in [0.25, 0.3) is 0 Å². The molecule has 3 rings (SSSR count). The Bertz CT molecular complexity index is 899. The highest BCUT2D eigenvalue weighted by Crippen LogP contribution is 2.29. The standard InChI is InChI=1S/C20H26N2O4S/c1-4-21(14-16-9-10-19(25-2)20(13-16)26-3)27(23,24)22-12-11-17-7-5-6-8-18(17)15-22/h5-10,13H,4,11-12,14-15H2,1-3H3. The van der Waals surface area contributed by atoms with Crippen molar-refractivity contribution in [3.63, 3.8) is 0 Å². The van der Waals surface area contributed by atoms with Gasteiger partial charge in [-0.25, -0.2) is 0 Å². The maximum atomic E-state index is 13.2. The molecule has 1 aliphatic rings. The predicted molar refractivity (Wildman–Crippen MR) is 105 cm³/mol. The number of fused-ring (bicyclic) bond motifs is 1. The zero-order chi connectivity index (χ0) is 19.4. The number of nitrogens with zero attached hydrogens (tertiary/aromatic N) is 2. The predicted octanol–water partition coefficient (Wildman–Crippen LogP) is 2.83. The van der Waals surface area contributed by atoms with Crippen molar-refractivity contribution < 1.29 is 17.9 Å². The van der Waals surface area contributed by atoms with Crippen LogP contribution in [0.3, 0.4) is 0 Å². The van der Waals surface area contributed by atoms with Gasteiger partial charge in [0, 0.05) is 26.2 Å². The Labute approximate surface area is 161 Å². The summed E-state index contributed by atoms with van der Waals surface area (Å²) in [5, 5.41) is 0. The molecule has 0 bridgehead atoms. The van der Waals surface area contributed by atoms with E-state index in [1.54, 1.807) is 24.6 Å². The Hall–Kier alpha value is -2.09. The van der Waals surface area contributed by atoms with Crippen LogP contribution in [0.4, 0.5) is 0 Å². The maximum Gasteiger partial charge on any atom is 0.282 e. The fraction of sp³-hybridized carbons (Fsp3) is 0.400. The molecular formula is C20H26N2O4S. The normalized spacial score (nSPS) is 14.8. The third-order valence-electron chi connectivity index (χ3n) is 4.91. The van der Waals surface area contributed by atoms with Crippen LogP contribution >= 0.6 is 0 Å². The molecule has 1 aliphatic heterocycles. The van der Waals surface area contributed by atoms with Crippen molar-refractivity contribution in [2.45, 2.75) is 26.4 Å². The van der Waals surface area contributed by atoms with Gasteiger partial charge in [-0.3, -0.25) is 0 Å². The first-order chi connectivity index (χ1) is 13.0. The summed E-state index contributed by atoms with van der Waals surface area (Å²) in [5.74, 6) is 1.22.